The van der Waals surface area contributed by atoms with E-state index in [1.807, 2.05) is 0 Å². The molecule has 12 heteroatoms. The lowest BCUT2D eigenvalue weighted by atomic mass is 10.1. The fourth-order valence-corrected chi connectivity index (χ4v) is 7.32. The van der Waals surface area contributed by atoms with Crippen molar-refractivity contribution in [2.45, 2.75) is 20.6 Å². The van der Waals surface area contributed by atoms with E-state index in [9.17, 15) is 31.4 Å². The zero-order valence-electron chi connectivity index (χ0n) is 15.2. The minimum atomic E-state index is -4.48. The fraction of sp³-hybridized carbons (Fsp3) is 0.278. The second-order valence-corrected chi connectivity index (χ2v) is 11.2. The number of sulfonamides is 1. The van der Waals surface area contributed by atoms with Crippen molar-refractivity contribution in [2.75, 3.05) is 19.7 Å². The van der Waals surface area contributed by atoms with Crippen LogP contribution in [0.5, 0.6) is 0 Å². The van der Waals surface area contributed by atoms with Crippen LogP contribution >= 0.6 is 11.6 Å². The average Bonchev–Trinajstić information content (AvgIpc) is 3.08. The number of rotatable bonds is 5. The van der Waals surface area contributed by atoms with Crippen molar-refractivity contribution in [2.24, 2.45) is 0 Å². The molecule has 1 aliphatic rings. The first-order valence-electron chi connectivity index (χ1n) is 8.46. The Balaban J connectivity index is 2.05. The van der Waals surface area contributed by atoms with Crippen molar-refractivity contribution in [3.05, 3.63) is 64.7 Å². The monoisotopic (exact) mass is 474 g/mol. The van der Waals surface area contributed by atoms with Crippen LogP contribution < -0.4 is 0 Å². The number of sulfone groups is 1. The lowest BCUT2D eigenvalue weighted by Crippen LogP contribution is -2.49. The highest BCUT2D eigenvalue weighted by Crippen LogP contribution is 2.36. The van der Waals surface area contributed by atoms with Crippen LogP contribution in [0.2, 0.25) is 5.02 Å². The van der Waals surface area contributed by atoms with Crippen LogP contribution in [0.1, 0.15) is 0 Å². The molecular weight excluding hydrogens is 459 g/mol. The molecule has 0 spiro atoms. The maximum absolute atomic E-state index is 14.0. The Kier molecular flexibility index (Phi) is 5.94. The number of halogens is 2. The van der Waals surface area contributed by atoms with E-state index >= 15 is 0 Å². The first-order chi connectivity index (χ1) is 14.0. The van der Waals surface area contributed by atoms with Gasteiger partial charge in [-0.2, -0.15) is 4.31 Å². The largest absolute Gasteiger partial charge is 0.393 e. The number of nitrogens with zero attached hydrogens (tertiary/aromatic N) is 2. The number of hydrogen-bond donors (Lipinski definition) is 2. The third kappa shape index (κ3) is 3.71. The quantitative estimate of drug-likeness (QED) is 0.636. The average molecular weight is 475 g/mol. The molecule has 1 fully saturated rings. The van der Waals surface area contributed by atoms with Gasteiger partial charge in [-0.15, -0.1) is 0 Å². The van der Waals surface area contributed by atoms with E-state index in [0.29, 0.717) is 6.07 Å². The molecule has 1 saturated heterocycles. The van der Waals surface area contributed by atoms with Crippen molar-refractivity contribution < 1.29 is 31.4 Å². The number of benzene rings is 2. The van der Waals surface area contributed by atoms with E-state index < -0.39 is 61.1 Å². The molecule has 2 aromatic rings. The van der Waals surface area contributed by atoms with Gasteiger partial charge in [0.1, 0.15) is 21.6 Å². The van der Waals surface area contributed by atoms with Crippen molar-refractivity contribution in [3.63, 3.8) is 0 Å². The summed E-state index contributed by atoms with van der Waals surface area (Å²) in [7, 11) is -8.78. The van der Waals surface area contributed by atoms with Gasteiger partial charge in [-0.25, -0.2) is 26.1 Å². The molecule has 1 heterocycles. The summed E-state index contributed by atoms with van der Waals surface area (Å²) < 4.78 is 66.8. The normalized spacial score (nSPS) is 22.7. The highest BCUT2D eigenvalue weighted by molar-refractivity contribution is 7.92. The molecule has 2 N–H and O–H groups in total. The van der Waals surface area contributed by atoms with Crippen LogP contribution in [0.4, 0.5) is 10.1 Å². The predicted octanol–water partition coefficient (Wildman–Crippen LogP) is 1.60. The smallest absolute Gasteiger partial charge is 0.244 e. The molecule has 0 aliphatic carbocycles. The van der Waals surface area contributed by atoms with Crippen molar-refractivity contribution in [3.8, 4) is 0 Å². The first kappa shape index (κ1) is 22.6. The van der Waals surface area contributed by atoms with E-state index in [0.717, 1.165) is 16.4 Å². The van der Waals surface area contributed by atoms with Crippen LogP contribution in [-0.4, -0.2) is 61.9 Å². The van der Waals surface area contributed by atoms with Gasteiger partial charge in [-0.3, -0.25) is 0 Å². The highest BCUT2D eigenvalue weighted by atomic mass is 35.5. The number of hydrogen-bond acceptors (Lipinski definition) is 6. The standard InChI is InChI=1S/C18H16ClFN2O6S2/c1-21-15-7-6-12(8-14(15)20)29(25,26)17-9-22(10-18(17,24)11-23)30(27,28)16-5-3-2-4-13(16)19/h2-8,17,23-24H,9-11H2/t17-,18+/m0/s1. The SMILES string of the molecule is [C-]#[N+]c1ccc(S(=O)(=O)[C@H]2CN(S(=O)(=O)c3ccccc3Cl)C[C@@]2(O)CO)cc1F. The second kappa shape index (κ2) is 7.88. The molecule has 160 valence electrons. The molecule has 2 atom stereocenters. The van der Waals surface area contributed by atoms with Gasteiger partial charge in [0, 0.05) is 13.1 Å². The van der Waals surface area contributed by atoms with E-state index in [1.54, 1.807) is 0 Å². The first-order valence-corrected chi connectivity index (χ1v) is 11.8. The topological polar surface area (TPSA) is 116 Å². The lowest BCUT2D eigenvalue weighted by molar-refractivity contribution is 0.00159. The van der Waals surface area contributed by atoms with E-state index in [2.05, 4.69) is 4.85 Å². The Labute approximate surface area is 177 Å². The summed E-state index contributed by atoms with van der Waals surface area (Å²) in [6.07, 6.45) is 0. The molecular formula is C18H16ClFN2O6S2. The molecule has 1 aliphatic heterocycles. The van der Waals surface area contributed by atoms with Crippen molar-refractivity contribution in [1.82, 2.24) is 4.31 Å². The van der Waals surface area contributed by atoms with Gasteiger partial charge < -0.3 is 10.2 Å². The van der Waals surface area contributed by atoms with Crippen molar-refractivity contribution >= 4 is 37.1 Å². The van der Waals surface area contributed by atoms with Crippen LogP contribution in [0.15, 0.2) is 52.3 Å². The minimum absolute atomic E-state index is 0.0897. The summed E-state index contributed by atoms with van der Waals surface area (Å²) in [5.74, 6) is -1.07. The van der Waals surface area contributed by atoms with Crippen LogP contribution in [-0.2, 0) is 19.9 Å². The highest BCUT2D eigenvalue weighted by Gasteiger charge is 2.55. The molecule has 8 nitrogen and oxygen atoms in total. The zero-order chi connectivity index (χ0) is 22.3. The van der Waals surface area contributed by atoms with Gasteiger partial charge >= 0.3 is 0 Å². The van der Waals surface area contributed by atoms with Gasteiger partial charge in [-0.05, 0) is 18.2 Å². The van der Waals surface area contributed by atoms with Crippen LogP contribution in [0, 0.1) is 12.4 Å². The van der Waals surface area contributed by atoms with Gasteiger partial charge in [0.25, 0.3) is 0 Å². The van der Waals surface area contributed by atoms with Gasteiger partial charge in [0.2, 0.25) is 15.7 Å². The molecule has 2 aromatic carbocycles. The molecule has 0 saturated carbocycles. The molecule has 0 aromatic heterocycles. The van der Waals surface area contributed by atoms with Gasteiger partial charge in [-0.1, -0.05) is 35.9 Å². The van der Waals surface area contributed by atoms with E-state index in [-0.39, 0.29) is 15.6 Å². The maximum atomic E-state index is 14.0. The minimum Gasteiger partial charge on any atom is -0.393 e. The molecule has 0 amide bonds. The molecule has 30 heavy (non-hydrogen) atoms. The van der Waals surface area contributed by atoms with E-state index in [1.165, 1.54) is 24.3 Å². The molecule has 0 unspecified atom stereocenters. The van der Waals surface area contributed by atoms with Gasteiger partial charge in [0.05, 0.1) is 23.1 Å². The Morgan fingerprint density at radius 1 is 1.23 bits per heavy atom. The summed E-state index contributed by atoms with van der Waals surface area (Å²) in [6, 6.07) is 8.13. The van der Waals surface area contributed by atoms with Crippen LogP contribution in [0.3, 0.4) is 0 Å². The van der Waals surface area contributed by atoms with Crippen LogP contribution in [0.25, 0.3) is 4.85 Å². The Bertz CT molecular complexity index is 1250. The van der Waals surface area contributed by atoms with Gasteiger partial charge in [0.15, 0.2) is 9.84 Å². The third-order valence-corrected chi connectivity index (χ3v) is 9.45. The lowest BCUT2D eigenvalue weighted by Gasteiger charge is -2.26. The Morgan fingerprint density at radius 3 is 2.47 bits per heavy atom. The van der Waals surface area contributed by atoms with E-state index in [4.69, 9.17) is 18.2 Å². The number of aliphatic hydroxyl groups is 2. The van der Waals surface area contributed by atoms with Crippen molar-refractivity contribution in [1.29, 1.82) is 0 Å². The third-order valence-electron chi connectivity index (χ3n) is 4.89. The fourth-order valence-electron chi connectivity index (χ4n) is 3.26. The Hall–Kier alpha value is -2.07. The number of β-amino-alcohol motifs (C(OH)–C–C–N with tert-alkyl or cyclic N) is 1. The molecule has 0 bridgehead atoms. The summed E-state index contributed by atoms with van der Waals surface area (Å²) in [6.45, 7) is 4.41. The maximum Gasteiger partial charge on any atom is 0.244 e. The molecule has 0 radical (unpaired) electrons. The second-order valence-electron chi connectivity index (χ2n) is 6.75. The Morgan fingerprint density at radius 2 is 1.90 bits per heavy atom. The summed E-state index contributed by atoms with van der Waals surface area (Å²) in [5.41, 5.74) is -2.72. The summed E-state index contributed by atoms with van der Waals surface area (Å²) >= 11 is 5.96. The summed E-state index contributed by atoms with van der Waals surface area (Å²) in [4.78, 5) is 2.09. The molecule has 3 rings (SSSR count). The number of aliphatic hydroxyl groups excluding tert-OH is 1. The predicted molar refractivity (Wildman–Crippen MR) is 106 cm³/mol. The summed E-state index contributed by atoms with van der Waals surface area (Å²) in [5, 5.41) is 18.6. The zero-order valence-corrected chi connectivity index (χ0v) is 17.6.